The molecule has 5 rings (SSSR count). The fourth-order valence-electron chi connectivity index (χ4n) is 10.2. The van der Waals surface area contributed by atoms with Crippen molar-refractivity contribution in [2.45, 2.75) is 115 Å². The summed E-state index contributed by atoms with van der Waals surface area (Å²) in [4.78, 5) is 26.1. The number of thiol groups is 1. The molecule has 4 aliphatic carbocycles. The molecule has 1 amide bonds. The average molecular weight is 522 g/mol. The highest BCUT2D eigenvalue weighted by Crippen LogP contribution is 2.68. The van der Waals surface area contributed by atoms with Crippen molar-refractivity contribution >= 4 is 24.5 Å². The zero-order valence-corrected chi connectivity index (χ0v) is 23.2. The van der Waals surface area contributed by atoms with Crippen LogP contribution in [0.15, 0.2) is 0 Å². The molecular weight excluding hydrogens is 474 g/mol. The number of carbonyl (C=O) groups is 2. The summed E-state index contributed by atoms with van der Waals surface area (Å²) in [7, 11) is 0. The lowest BCUT2D eigenvalue weighted by molar-refractivity contribution is -0.174. The van der Waals surface area contributed by atoms with Crippen molar-refractivity contribution in [1.82, 2.24) is 4.90 Å². The van der Waals surface area contributed by atoms with Crippen LogP contribution in [0.2, 0.25) is 0 Å². The van der Waals surface area contributed by atoms with Gasteiger partial charge in [0, 0.05) is 18.2 Å². The molecule has 0 radical (unpaired) electrons. The molecule has 0 bridgehead atoms. The fourth-order valence-corrected chi connectivity index (χ4v) is 10.6. The lowest BCUT2D eigenvalue weighted by atomic mass is 9.43. The van der Waals surface area contributed by atoms with Crippen LogP contribution in [0.25, 0.3) is 0 Å². The van der Waals surface area contributed by atoms with Gasteiger partial charge in [-0.1, -0.05) is 20.8 Å². The lowest BCUT2D eigenvalue weighted by Gasteiger charge is -2.62. The molecule has 5 fully saturated rings. The predicted octanol–water partition coefficient (Wildman–Crippen LogP) is 4.38. The minimum Gasteiger partial charge on any atom is -0.480 e. The molecule has 4 saturated carbocycles. The number of fused-ring (bicyclic) bond motifs is 5. The van der Waals surface area contributed by atoms with E-state index in [9.17, 15) is 24.9 Å². The molecule has 0 spiro atoms. The first-order chi connectivity index (χ1) is 17.0. The maximum atomic E-state index is 13.0. The van der Waals surface area contributed by atoms with Gasteiger partial charge in [0.15, 0.2) is 0 Å². The van der Waals surface area contributed by atoms with Crippen molar-refractivity contribution in [3.8, 4) is 0 Å². The Labute approximate surface area is 222 Å². The van der Waals surface area contributed by atoms with Crippen LogP contribution in [-0.4, -0.2) is 62.1 Å². The summed E-state index contributed by atoms with van der Waals surface area (Å²) in [5.74, 6) is 1.82. The van der Waals surface area contributed by atoms with E-state index >= 15 is 0 Å². The minimum atomic E-state index is -0.926. The number of aliphatic hydroxyl groups is 2. The van der Waals surface area contributed by atoms with Crippen LogP contribution >= 0.6 is 12.6 Å². The summed E-state index contributed by atoms with van der Waals surface area (Å²) in [6.45, 7) is 7.62. The summed E-state index contributed by atoms with van der Waals surface area (Å²) in [6, 6.07) is -0.738. The standard InChI is InChI=1S/C29H47NO5S/c1-16(4-7-25(33)30-15-19(36)14-23(30)27(34)35)20-5-6-21-26-22(9-11-29(20,21)3)28(2)10-8-18(31)12-17(28)13-24(26)32/h16-24,26,31-32,36H,4-15H2,1-3H3,(H,34,35)/t16-,17+,18-,19?,20-,21+,22+,23+,24+,26+,28+,29-/m1/s1. The Hall–Kier alpha value is -0.790. The SMILES string of the molecule is C[C@H](CCC(=O)N1CC(S)C[C@H]1C(=O)O)[C@H]1CC[C@H]2[C@@H]3[C@@H](O)C[C@@H]4C[C@H](O)CC[C@]4(C)[C@H]3CC[C@]12C. The number of rotatable bonds is 5. The molecular formula is C29H47NO5S. The summed E-state index contributed by atoms with van der Waals surface area (Å²) in [5, 5.41) is 31.2. The zero-order chi connectivity index (χ0) is 26.0. The van der Waals surface area contributed by atoms with E-state index in [0.717, 1.165) is 51.4 Å². The van der Waals surface area contributed by atoms with Gasteiger partial charge >= 0.3 is 5.97 Å². The normalized spacial score (nSPS) is 49.2. The van der Waals surface area contributed by atoms with Gasteiger partial charge in [-0.3, -0.25) is 4.79 Å². The van der Waals surface area contributed by atoms with Crippen molar-refractivity contribution in [3.05, 3.63) is 0 Å². The van der Waals surface area contributed by atoms with E-state index in [0.29, 0.717) is 54.9 Å². The Morgan fingerprint density at radius 3 is 2.42 bits per heavy atom. The van der Waals surface area contributed by atoms with E-state index in [2.05, 4.69) is 33.4 Å². The van der Waals surface area contributed by atoms with Crippen molar-refractivity contribution in [3.63, 3.8) is 0 Å². The van der Waals surface area contributed by atoms with Crippen LogP contribution in [0, 0.1) is 46.3 Å². The molecule has 3 N–H and O–H groups in total. The van der Waals surface area contributed by atoms with Crippen molar-refractivity contribution in [1.29, 1.82) is 0 Å². The number of hydrogen-bond donors (Lipinski definition) is 4. The van der Waals surface area contributed by atoms with E-state index in [-0.39, 0.29) is 34.2 Å². The molecule has 1 saturated heterocycles. The molecule has 1 unspecified atom stereocenters. The Morgan fingerprint density at radius 2 is 1.69 bits per heavy atom. The van der Waals surface area contributed by atoms with Crippen LogP contribution < -0.4 is 0 Å². The van der Waals surface area contributed by atoms with Gasteiger partial charge in [-0.25, -0.2) is 4.79 Å². The van der Waals surface area contributed by atoms with Crippen LogP contribution in [0.5, 0.6) is 0 Å². The van der Waals surface area contributed by atoms with Crippen LogP contribution in [-0.2, 0) is 9.59 Å². The van der Waals surface area contributed by atoms with Gasteiger partial charge in [0.05, 0.1) is 12.2 Å². The molecule has 0 aromatic carbocycles. The van der Waals surface area contributed by atoms with Gasteiger partial charge in [0.2, 0.25) is 5.91 Å². The molecule has 204 valence electrons. The lowest BCUT2D eigenvalue weighted by Crippen LogP contribution is -2.58. The number of carbonyl (C=O) groups excluding carboxylic acids is 1. The Kier molecular flexibility index (Phi) is 7.26. The smallest absolute Gasteiger partial charge is 0.326 e. The highest BCUT2D eigenvalue weighted by atomic mass is 32.1. The van der Waals surface area contributed by atoms with Crippen LogP contribution in [0.3, 0.4) is 0 Å². The number of likely N-dealkylation sites (tertiary alicyclic amines) is 1. The number of carboxylic acids is 1. The van der Waals surface area contributed by atoms with Gasteiger partial charge in [0.25, 0.3) is 0 Å². The molecule has 36 heavy (non-hydrogen) atoms. The highest BCUT2D eigenvalue weighted by molar-refractivity contribution is 7.81. The third-order valence-electron chi connectivity index (χ3n) is 12.1. The maximum Gasteiger partial charge on any atom is 0.326 e. The Balaban J connectivity index is 1.25. The maximum absolute atomic E-state index is 13.0. The van der Waals surface area contributed by atoms with Crippen molar-refractivity contribution in [2.24, 2.45) is 46.3 Å². The highest BCUT2D eigenvalue weighted by Gasteiger charge is 2.62. The second-order valence-corrected chi connectivity index (χ2v) is 14.5. The summed E-state index contributed by atoms with van der Waals surface area (Å²) >= 11 is 4.44. The largest absolute Gasteiger partial charge is 0.480 e. The fraction of sp³-hybridized carbons (Fsp3) is 0.931. The Morgan fingerprint density at radius 1 is 1.00 bits per heavy atom. The molecule has 5 aliphatic rings. The van der Waals surface area contributed by atoms with E-state index < -0.39 is 12.0 Å². The number of hydrogen-bond acceptors (Lipinski definition) is 5. The first kappa shape index (κ1) is 26.8. The Bertz CT molecular complexity index is 869. The molecule has 0 aromatic heterocycles. The first-order valence-electron chi connectivity index (χ1n) is 14.5. The quantitative estimate of drug-likeness (QED) is 0.403. The molecule has 6 nitrogen and oxygen atoms in total. The monoisotopic (exact) mass is 521 g/mol. The molecule has 0 aromatic rings. The predicted molar refractivity (Wildman–Crippen MR) is 142 cm³/mol. The third kappa shape index (κ3) is 4.33. The van der Waals surface area contributed by atoms with E-state index in [4.69, 9.17) is 0 Å². The summed E-state index contributed by atoms with van der Waals surface area (Å²) < 4.78 is 0. The summed E-state index contributed by atoms with van der Waals surface area (Å²) in [6.07, 6.45) is 9.48. The molecule has 12 atom stereocenters. The number of aliphatic carboxylic acids is 1. The van der Waals surface area contributed by atoms with Crippen LogP contribution in [0.1, 0.15) is 91.4 Å². The second kappa shape index (κ2) is 9.75. The van der Waals surface area contributed by atoms with Gasteiger partial charge in [-0.05, 0) is 111 Å². The van der Waals surface area contributed by atoms with Gasteiger partial charge in [0.1, 0.15) is 6.04 Å². The van der Waals surface area contributed by atoms with Crippen molar-refractivity contribution < 1.29 is 24.9 Å². The molecule has 1 aliphatic heterocycles. The number of carboxylic acid groups (broad SMARTS) is 1. The number of nitrogens with zero attached hydrogens (tertiary/aromatic N) is 1. The number of aliphatic hydroxyl groups excluding tert-OH is 2. The molecule has 1 heterocycles. The average Bonchev–Trinajstić information content (AvgIpc) is 3.38. The van der Waals surface area contributed by atoms with E-state index in [1.165, 1.54) is 11.3 Å². The first-order valence-corrected chi connectivity index (χ1v) is 15.0. The van der Waals surface area contributed by atoms with Gasteiger partial charge in [-0.15, -0.1) is 0 Å². The van der Waals surface area contributed by atoms with Gasteiger partial charge < -0.3 is 20.2 Å². The molecule has 7 heteroatoms. The number of amides is 1. The topological polar surface area (TPSA) is 98.1 Å². The van der Waals surface area contributed by atoms with Crippen LogP contribution in [0.4, 0.5) is 0 Å². The second-order valence-electron chi connectivity index (χ2n) is 13.8. The zero-order valence-electron chi connectivity index (χ0n) is 22.3. The summed E-state index contributed by atoms with van der Waals surface area (Å²) in [5.41, 5.74) is 0.428. The van der Waals surface area contributed by atoms with E-state index in [1.54, 1.807) is 0 Å². The third-order valence-corrected chi connectivity index (χ3v) is 12.5. The minimum absolute atomic E-state index is 0.0460. The van der Waals surface area contributed by atoms with E-state index in [1.807, 2.05) is 0 Å². The van der Waals surface area contributed by atoms with Gasteiger partial charge in [-0.2, -0.15) is 12.6 Å². The van der Waals surface area contributed by atoms with Crippen molar-refractivity contribution in [2.75, 3.05) is 6.54 Å².